The maximum absolute atomic E-state index is 6.32. The van der Waals surface area contributed by atoms with Crippen LogP contribution >= 0.6 is 0 Å². The Labute approximate surface area is 102 Å². The Kier molecular flexibility index (Phi) is 3.11. The molecule has 1 atom stereocenters. The van der Waals surface area contributed by atoms with Crippen molar-refractivity contribution in [1.29, 1.82) is 0 Å². The van der Waals surface area contributed by atoms with Crippen LogP contribution in [0.5, 0.6) is 0 Å². The molecule has 0 spiro atoms. The molecular weight excluding hydrogens is 214 g/mol. The minimum absolute atomic E-state index is 0.340. The highest BCUT2D eigenvalue weighted by Gasteiger charge is 2.25. The summed E-state index contributed by atoms with van der Waals surface area (Å²) in [4.78, 5) is 2.42. The van der Waals surface area contributed by atoms with Crippen LogP contribution in [0.15, 0.2) is 6.33 Å². The molecule has 0 aromatic carbocycles. The van der Waals surface area contributed by atoms with Gasteiger partial charge in [0.15, 0.2) is 0 Å². The lowest BCUT2D eigenvalue weighted by atomic mass is 9.98. The van der Waals surface area contributed by atoms with Crippen molar-refractivity contribution < 1.29 is 0 Å². The first-order valence-corrected chi connectivity index (χ1v) is 6.67. The predicted octanol–water partition coefficient (Wildman–Crippen LogP) is 0.611. The van der Waals surface area contributed by atoms with Gasteiger partial charge in [0.1, 0.15) is 12.2 Å². The molecule has 1 unspecified atom stereocenters. The third-order valence-electron chi connectivity index (χ3n) is 4.19. The van der Waals surface area contributed by atoms with Crippen LogP contribution in [0.2, 0.25) is 0 Å². The molecule has 5 nitrogen and oxygen atoms in total. The normalized spacial score (nSPS) is 23.8. The van der Waals surface area contributed by atoms with Crippen LogP contribution in [0.1, 0.15) is 31.5 Å². The van der Waals surface area contributed by atoms with Crippen molar-refractivity contribution in [2.45, 2.75) is 44.8 Å². The monoisotopic (exact) mass is 235 g/mol. The van der Waals surface area contributed by atoms with Crippen LogP contribution in [0, 0.1) is 5.92 Å². The SMILES string of the molecule is NC(CN1CCn2cnnc2C1)C1CCCC1. The van der Waals surface area contributed by atoms with Crippen molar-refractivity contribution >= 4 is 0 Å². The lowest BCUT2D eigenvalue weighted by Gasteiger charge is -2.31. The van der Waals surface area contributed by atoms with Crippen molar-refractivity contribution in [3.63, 3.8) is 0 Å². The zero-order chi connectivity index (χ0) is 11.7. The Morgan fingerprint density at radius 1 is 1.35 bits per heavy atom. The van der Waals surface area contributed by atoms with Crippen molar-refractivity contribution in [3.8, 4) is 0 Å². The van der Waals surface area contributed by atoms with Crippen molar-refractivity contribution in [3.05, 3.63) is 12.2 Å². The van der Waals surface area contributed by atoms with E-state index in [9.17, 15) is 0 Å². The molecule has 1 aromatic rings. The fraction of sp³-hybridized carbons (Fsp3) is 0.833. The van der Waals surface area contributed by atoms with E-state index in [1.165, 1.54) is 25.7 Å². The van der Waals surface area contributed by atoms with E-state index in [0.29, 0.717) is 6.04 Å². The summed E-state index contributed by atoms with van der Waals surface area (Å²) < 4.78 is 2.14. The summed E-state index contributed by atoms with van der Waals surface area (Å²) in [5, 5.41) is 8.09. The van der Waals surface area contributed by atoms with Crippen molar-refractivity contribution in [2.24, 2.45) is 11.7 Å². The lowest BCUT2D eigenvalue weighted by molar-refractivity contribution is 0.187. The molecule has 5 heteroatoms. The average molecular weight is 235 g/mol. The van der Waals surface area contributed by atoms with E-state index in [1.807, 2.05) is 6.33 Å². The Balaban J connectivity index is 1.56. The first-order valence-electron chi connectivity index (χ1n) is 6.67. The maximum Gasteiger partial charge on any atom is 0.147 e. The molecule has 1 aliphatic heterocycles. The van der Waals surface area contributed by atoms with Gasteiger partial charge >= 0.3 is 0 Å². The van der Waals surface area contributed by atoms with E-state index >= 15 is 0 Å². The van der Waals surface area contributed by atoms with Gasteiger partial charge in [-0.15, -0.1) is 10.2 Å². The minimum atomic E-state index is 0.340. The van der Waals surface area contributed by atoms with Crippen LogP contribution in [-0.2, 0) is 13.1 Å². The molecule has 2 aliphatic rings. The van der Waals surface area contributed by atoms with Crippen molar-refractivity contribution in [2.75, 3.05) is 13.1 Å². The third kappa shape index (κ3) is 2.35. The van der Waals surface area contributed by atoms with Crippen molar-refractivity contribution in [1.82, 2.24) is 19.7 Å². The molecule has 0 radical (unpaired) electrons. The van der Waals surface area contributed by atoms with Gasteiger partial charge in [0, 0.05) is 25.7 Å². The minimum Gasteiger partial charge on any atom is -0.326 e. The number of rotatable bonds is 3. The van der Waals surface area contributed by atoms with Crippen LogP contribution in [0.4, 0.5) is 0 Å². The Bertz CT molecular complexity index is 369. The van der Waals surface area contributed by atoms with Gasteiger partial charge in [0.05, 0.1) is 6.54 Å². The van der Waals surface area contributed by atoms with Gasteiger partial charge < -0.3 is 10.3 Å². The fourth-order valence-electron chi connectivity index (χ4n) is 3.10. The molecule has 17 heavy (non-hydrogen) atoms. The van der Waals surface area contributed by atoms with E-state index < -0.39 is 0 Å². The topological polar surface area (TPSA) is 60.0 Å². The number of nitrogens with two attached hydrogens (primary N) is 1. The van der Waals surface area contributed by atoms with Gasteiger partial charge in [-0.25, -0.2) is 0 Å². The van der Waals surface area contributed by atoms with E-state index in [-0.39, 0.29) is 0 Å². The second-order valence-corrected chi connectivity index (χ2v) is 5.38. The summed E-state index contributed by atoms with van der Waals surface area (Å²) in [6, 6.07) is 0.340. The average Bonchev–Trinajstić information content (AvgIpc) is 2.99. The number of hydrogen-bond donors (Lipinski definition) is 1. The summed E-state index contributed by atoms with van der Waals surface area (Å²) in [6.45, 7) is 3.99. The van der Waals surface area contributed by atoms with E-state index in [4.69, 9.17) is 5.73 Å². The van der Waals surface area contributed by atoms with Gasteiger partial charge in [-0.2, -0.15) is 0 Å². The molecule has 0 amide bonds. The largest absolute Gasteiger partial charge is 0.326 e. The fourth-order valence-corrected chi connectivity index (χ4v) is 3.10. The number of aromatic nitrogens is 3. The smallest absolute Gasteiger partial charge is 0.147 e. The molecule has 94 valence electrons. The van der Waals surface area contributed by atoms with Crippen LogP contribution in [0.25, 0.3) is 0 Å². The zero-order valence-electron chi connectivity index (χ0n) is 10.3. The second kappa shape index (κ2) is 4.74. The van der Waals surface area contributed by atoms with E-state index in [1.54, 1.807) is 0 Å². The number of fused-ring (bicyclic) bond motifs is 1. The molecule has 2 N–H and O–H groups in total. The van der Waals surface area contributed by atoms with Crippen LogP contribution in [-0.4, -0.2) is 38.8 Å². The molecule has 1 aromatic heterocycles. The molecule has 3 rings (SSSR count). The standard InChI is InChI=1S/C12H21N5/c13-11(10-3-1-2-4-10)7-16-5-6-17-9-14-15-12(17)8-16/h9-11H,1-8,13H2. The second-order valence-electron chi connectivity index (χ2n) is 5.38. The predicted molar refractivity (Wildman–Crippen MR) is 65.2 cm³/mol. The maximum atomic E-state index is 6.32. The Morgan fingerprint density at radius 3 is 3.00 bits per heavy atom. The van der Waals surface area contributed by atoms with Gasteiger partial charge in [-0.05, 0) is 18.8 Å². The Hall–Kier alpha value is -0.940. The summed E-state index contributed by atoms with van der Waals surface area (Å²) in [7, 11) is 0. The quantitative estimate of drug-likeness (QED) is 0.834. The number of hydrogen-bond acceptors (Lipinski definition) is 4. The molecule has 0 saturated heterocycles. The first-order chi connectivity index (χ1) is 8.33. The molecule has 1 saturated carbocycles. The molecule has 1 aliphatic carbocycles. The van der Waals surface area contributed by atoms with Crippen LogP contribution in [0.3, 0.4) is 0 Å². The molecular formula is C12H21N5. The summed E-state index contributed by atoms with van der Waals surface area (Å²) in [6.07, 6.45) is 7.21. The molecule has 0 bridgehead atoms. The zero-order valence-corrected chi connectivity index (χ0v) is 10.3. The highest BCUT2D eigenvalue weighted by molar-refractivity contribution is 4.91. The van der Waals surface area contributed by atoms with E-state index in [0.717, 1.165) is 37.9 Å². The summed E-state index contributed by atoms with van der Waals surface area (Å²) >= 11 is 0. The highest BCUT2D eigenvalue weighted by Crippen LogP contribution is 2.27. The lowest BCUT2D eigenvalue weighted by Crippen LogP contribution is -2.44. The third-order valence-corrected chi connectivity index (χ3v) is 4.19. The van der Waals surface area contributed by atoms with Gasteiger partial charge in [0.25, 0.3) is 0 Å². The van der Waals surface area contributed by atoms with E-state index in [2.05, 4.69) is 19.7 Å². The molecule has 2 heterocycles. The molecule has 1 fully saturated rings. The van der Waals surface area contributed by atoms with Gasteiger partial charge in [-0.3, -0.25) is 4.90 Å². The van der Waals surface area contributed by atoms with Gasteiger partial charge in [-0.1, -0.05) is 12.8 Å². The highest BCUT2D eigenvalue weighted by atomic mass is 15.3. The summed E-state index contributed by atoms with van der Waals surface area (Å²) in [5.41, 5.74) is 6.32. The Morgan fingerprint density at radius 2 is 2.18 bits per heavy atom. The number of nitrogens with zero attached hydrogens (tertiary/aromatic N) is 4. The summed E-state index contributed by atoms with van der Waals surface area (Å²) in [5.74, 6) is 1.82. The van der Waals surface area contributed by atoms with Crippen LogP contribution < -0.4 is 5.73 Å². The first kappa shape index (κ1) is 11.2. The van der Waals surface area contributed by atoms with Gasteiger partial charge in [0.2, 0.25) is 0 Å².